The normalized spacial score (nSPS) is 9.50. The molecule has 0 aliphatic heterocycles. The monoisotopic (exact) mass is 212 g/mol. The van der Waals surface area contributed by atoms with Gasteiger partial charge >= 0.3 is 0 Å². The molecule has 0 radical (unpaired) electrons. The second-order valence-electron chi connectivity index (χ2n) is 3.21. The van der Waals surface area contributed by atoms with Gasteiger partial charge in [-0.1, -0.05) is 24.3 Å². The summed E-state index contributed by atoms with van der Waals surface area (Å²) in [5, 5.41) is 6.06. The summed E-state index contributed by atoms with van der Waals surface area (Å²) < 4.78 is 0. The largest absolute Gasteiger partial charge is 0.323 e. The summed E-state index contributed by atoms with van der Waals surface area (Å²) in [5.41, 5.74) is 0. The van der Waals surface area contributed by atoms with Crippen LogP contribution in [0.15, 0.2) is 61.2 Å². The summed E-state index contributed by atoms with van der Waals surface area (Å²) in [7, 11) is 0. The zero-order chi connectivity index (χ0) is 11.2. The lowest BCUT2D eigenvalue weighted by Gasteiger charge is -1.91. The van der Waals surface area contributed by atoms with Gasteiger partial charge in [0.2, 0.25) is 0 Å². The van der Waals surface area contributed by atoms with E-state index in [-0.39, 0.29) is 0 Å². The number of aromatic nitrogens is 3. The molecule has 1 aromatic carbocycles. The SMILES string of the molecule is Nn1cccn1.c1ccc2cnccc2c1. The first-order valence-electron chi connectivity index (χ1n) is 4.90. The zero-order valence-corrected chi connectivity index (χ0v) is 8.69. The topological polar surface area (TPSA) is 56.7 Å². The lowest BCUT2D eigenvalue weighted by molar-refractivity contribution is 0.832. The first-order chi connectivity index (χ1) is 7.86. The zero-order valence-electron chi connectivity index (χ0n) is 8.69. The minimum Gasteiger partial charge on any atom is -0.323 e. The third-order valence-corrected chi connectivity index (χ3v) is 2.07. The van der Waals surface area contributed by atoms with E-state index in [0.29, 0.717) is 0 Å². The van der Waals surface area contributed by atoms with Gasteiger partial charge in [0.05, 0.1) is 6.20 Å². The number of nitrogens with two attached hydrogens (primary N) is 1. The molecular weight excluding hydrogens is 200 g/mol. The van der Waals surface area contributed by atoms with Gasteiger partial charge in [-0.15, -0.1) is 0 Å². The van der Waals surface area contributed by atoms with E-state index in [2.05, 4.69) is 22.2 Å². The maximum Gasteiger partial charge on any atom is 0.0510 e. The number of nitrogen functional groups attached to an aromatic ring is 1. The summed E-state index contributed by atoms with van der Waals surface area (Å²) in [6.45, 7) is 0. The number of nitrogens with zero attached hydrogens (tertiary/aromatic N) is 3. The van der Waals surface area contributed by atoms with E-state index < -0.39 is 0 Å². The Morgan fingerprint density at radius 2 is 1.75 bits per heavy atom. The highest BCUT2D eigenvalue weighted by molar-refractivity contribution is 5.80. The summed E-state index contributed by atoms with van der Waals surface area (Å²) in [6, 6.07) is 12.0. The molecule has 0 saturated carbocycles. The fraction of sp³-hybridized carbons (Fsp3) is 0. The lowest BCUT2D eigenvalue weighted by Crippen LogP contribution is -2.06. The molecule has 0 aliphatic rings. The second kappa shape index (κ2) is 4.93. The van der Waals surface area contributed by atoms with Crippen molar-refractivity contribution in [2.45, 2.75) is 0 Å². The second-order valence-corrected chi connectivity index (χ2v) is 3.21. The summed E-state index contributed by atoms with van der Waals surface area (Å²) >= 11 is 0. The maximum absolute atomic E-state index is 5.08. The molecule has 4 nitrogen and oxygen atoms in total. The molecule has 3 rings (SSSR count). The molecule has 2 aromatic heterocycles. The maximum atomic E-state index is 5.08. The van der Waals surface area contributed by atoms with Crippen molar-refractivity contribution >= 4 is 10.8 Å². The van der Waals surface area contributed by atoms with E-state index >= 15 is 0 Å². The minimum atomic E-state index is 1.20. The van der Waals surface area contributed by atoms with E-state index in [9.17, 15) is 0 Å². The number of hydrogen-bond acceptors (Lipinski definition) is 3. The van der Waals surface area contributed by atoms with Gasteiger partial charge in [0.25, 0.3) is 0 Å². The van der Waals surface area contributed by atoms with E-state index in [1.54, 1.807) is 18.5 Å². The Morgan fingerprint density at radius 3 is 2.31 bits per heavy atom. The standard InChI is InChI=1S/C9H7N.C3H5N3/c1-2-4-9-7-10-6-5-8(9)3-1;4-6-3-1-2-5-6/h1-7H;1-3H,4H2. The van der Waals surface area contributed by atoms with Gasteiger partial charge in [0, 0.05) is 18.6 Å². The van der Waals surface area contributed by atoms with Crippen molar-refractivity contribution in [2.24, 2.45) is 0 Å². The van der Waals surface area contributed by atoms with Crippen molar-refractivity contribution < 1.29 is 0 Å². The van der Waals surface area contributed by atoms with E-state index in [1.807, 2.05) is 30.6 Å². The molecule has 3 aromatic rings. The van der Waals surface area contributed by atoms with Crippen molar-refractivity contribution in [1.29, 1.82) is 0 Å². The highest BCUT2D eigenvalue weighted by atomic mass is 15.5. The van der Waals surface area contributed by atoms with Crippen LogP contribution in [0.4, 0.5) is 0 Å². The van der Waals surface area contributed by atoms with Gasteiger partial charge in [-0.25, -0.2) is 0 Å². The molecular formula is C12H12N4. The van der Waals surface area contributed by atoms with Crippen LogP contribution < -0.4 is 5.84 Å². The van der Waals surface area contributed by atoms with Crippen LogP contribution in [-0.2, 0) is 0 Å². The van der Waals surface area contributed by atoms with E-state index in [4.69, 9.17) is 5.84 Å². The third kappa shape index (κ3) is 2.57. The van der Waals surface area contributed by atoms with Gasteiger partial charge in [-0.05, 0) is 22.9 Å². The number of rotatable bonds is 0. The Labute approximate surface area is 93.3 Å². The molecule has 0 amide bonds. The van der Waals surface area contributed by atoms with Crippen molar-refractivity contribution in [3.8, 4) is 0 Å². The molecule has 0 atom stereocenters. The van der Waals surface area contributed by atoms with Gasteiger partial charge in [0.1, 0.15) is 0 Å². The van der Waals surface area contributed by atoms with Crippen LogP contribution in [0, 0.1) is 0 Å². The first kappa shape index (κ1) is 10.2. The van der Waals surface area contributed by atoms with Crippen LogP contribution >= 0.6 is 0 Å². The molecule has 2 N–H and O–H groups in total. The number of fused-ring (bicyclic) bond motifs is 1. The van der Waals surface area contributed by atoms with Gasteiger partial charge in [0.15, 0.2) is 0 Å². The molecule has 0 bridgehead atoms. The van der Waals surface area contributed by atoms with Crippen LogP contribution in [0.1, 0.15) is 0 Å². The summed E-state index contributed by atoms with van der Waals surface area (Å²) in [5.74, 6) is 5.08. The molecule has 80 valence electrons. The molecule has 0 saturated heterocycles. The fourth-order valence-electron chi connectivity index (χ4n) is 1.31. The Hall–Kier alpha value is -2.36. The van der Waals surface area contributed by atoms with Gasteiger partial charge in [-0.3, -0.25) is 4.98 Å². The van der Waals surface area contributed by atoms with E-state index in [0.717, 1.165) is 0 Å². The molecule has 16 heavy (non-hydrogen) atoms. The molecule has 0 fully saturated rings. The number of pyridine rings is 1. The minimum absolute atomic E-state index is 1.20. The van der Waals surface area contributed by atoms with Crippen LogP contribution in [0.3, 0.4) is 0 Å². The Morgan fingerprint density at radius 1 is 0.938 bits per heavy atom. The first-order valence-corrected chi connectivity index (χ1v) is 4.90. The van der Waals surface area contributed by atoms with Gasteiger partial charge < -0.3 is 5.84 Å². The highest BCUT2D eigenvalue weighted by Crippen LogP contribution is 2.09. The predicted molar refractivity (Wildman–Crippen MR) is 64.1 cm³/mol. The smallest absolute Gasteiger partial charge is 0.0510 e. The molecule has 2 heterocycles. The highest BCUT2D eigenvalue weighted by Gasteiger charge is 1.86. The fourth-order valence-corrected chi connectivity index (χ4v) is 1.31. The Kier molecular flexibility index (Phi) is 3.13. The Balaban J connectivity index is 0.000000138. The van der Waals surface area contributed by atoms with Crippen LogP contribution in [0.5, 0.6) is 0 Å². The number of hydrogen-bond donors (Lipinski definition) is 1. The summed E-state index contributed by atoms with van der Waals surface area (Å²) in [4.78, 5) is 5.26. The molecule has 4 heteroatoms. The number of benzene rings is 1. The quantitative estimate of drug-likeness (QED) is 0.578. The molecule has 0 aliphatic carbocycles. The van der Waals surface area contributed by atoms with Crippen molar-refractivity contribution in [3.63, 3.8) is 0 Å². The van der Waals surface area contributed by atoms with Gasteiger partial charge in [-0.2, -0.15) is 9.89 Å². The average molecular weight is 212 g/mol. The predicted octanol–water partition coefficient (Wildman–Crippen LogP) is 1.83. The van der Waals surface area contributed by atoms with Crippen LogP contribution in [0.25, 0.3) is 10.8 Å². The lowest BCUT2D eigenvalue weighted by atomic mass is 10.2. The van der Waals surface area contributed by atoms with Crippen LogP contribution in [0.2, 0.25) is 0 Å². The Bertz CT molecular complexity index is 480. The summed E-state index contributed by atoms with van der Waals surface area (Å²) in [6.07, 6.45) is 6.97. The van der Waals surface area contributed by atoms with E-state index in [1.165, 1.54) is 15.6 Å². The van der Waals surface area contributed by atoms with Crippen molar-refractivity contribution in [1.82, 2.24) is 14.9 Å². The van der Waals surface area contributed by atoms with Crippen LogP contribution in [-0.4, -0.2) is 14.9 Å². The third-order valence-electron chi connectivity index (χ3n) is 2.07. The molecule has 0 unspecified atom stereocenters. The average Bonchev–Trinajstić information content (AvgIpc) is 2.81. The van der Waals surface area contributed by atoms with Crippen molar-refractivity contribution in [2.75, 3.05) is 5.84 Å². The molecule has 0 spiro atoms. The van der Waals surface area contributed by atoms with Crippen molar-refractivity contribution in [3.05, 3.63) is 61.2 Å².